The third-order valence-corrected chi connectivity index (χ3v) is 3.85. The van der Waals surface area contributed by atoms with Gasteiger partial charge in [-0.25, -0.2) is 0 Å². The summed E-state index contributed by atoms with van der Waals surface area (Å²) >= 11 is 0. The third-order valence-electron chi connectivity index (χ3n) is 3.85. The number of carbonyl (C=O) groups is 1. The Kier molecular flexibility index (Phi) is 6.02. The van der Waals surface area contributed by atoms with Gasteiger partial charge in [-0.1, -0.05) is 6.07 Å². The van der Waals surface area contributed by atoms with E-state index < -0.39 is 0 Å². The van der Waals surface area contributed by atoms with E-state index in [1.165, 1.54) is 33.0 Å². The van der Waals surface area contributed by atoms with E-state index in [0.29, 0.717) is 0 Å². The lowest BCUT2D eigenvalue weighted by Gasteiger charge is -2.29. The standard InChI is InChI=1S/C16H25N3O2/c1-19-8-6-13(7-9-19)11-17-14-4-3-5-15(10-14)18-16(20)12-21-2/h3-5,10,13,17H,6-9,11-12H2,1-2H3,(H,18,20). The zero-order chi connectivity index (χ0) is 15.1. The predicted octanol–water partition coefficient (Wildman–Crippen LogP) is 2.03. The van der Waals surface area contributed by atoms with E-state index in [1.54, 1.807) is 0 Å². The van der Waals surface area contributed by atoms with Crippen molar-refractivity contribution in [3.8, 4) is 0 Å². The molecule has 1 saturated heterocycles. The Morgan fingerprint density at radius 2 is 2.05 bits per heavy atom. The Morgan fingerprint density at radius 3 is 2.76 bits per heavy atom. The molecule has 2 rings (SSSR count). The molecule has 0 spiro atoms. The van der Waals surface area contributed by atoms with Gasteiger partial charge in [-0.3, -0.25) is 4.79 Å². The maximum absolute atomic E-state index is 11.5. The molecule has 5 nitrogen and oxygen atoms in total. The Bertz CT molecular complexity index is 457. The molecule has 2 N–H and O–H groups in total. The summed E-state index contributed by atoms with van der Waals surface area (Å²) in [5.74, 6) is 0.595. The van der Waals surface area contributed by atoms with Crippen LogP contribution in [0.3, 0.4) is 0 Å². The highest BCUT2D eigenvalue weighted by Gasteiger charge is 2.16. The van der Waals surface area contributed by atoms with Gasteiger partial charge in [-0.05, 0) is 57.1 Å². The second kappa shape index (κ2) is 8.00. The van der Waals surface area contributed by atoms with E-state index in [4.69, 9.17) is 4.74 Å². The number of benzene rings is 1. The number of amides is 1. The Labute approximate surface area is 126 Å². The van der Waals surface area contributed by atoms with E-state index in [1.807, 2.05) is 24.3 Å². The molecule has 0 unspecified atom stereocenters. The summed E-state index contributed by atoms with van der Waals surface area (Å²) in [7, 11) is 3.69. The van der Waals surface area contributed by atoms with Gasteiger partial charge in [0.25, 0.3) is 0 Å². The highest BCUT2D eigenvalue weighted by molar-refractivity contribution is 5.92. The first-order valence-corrected chi connectivity index (χ1v) is 7.48. The van der Waals surface area contributed by atoms with Crippen LogP contribution in [-0.2, 0) is 9.53 Å². The Morgan fingerprint density at radius 1 is 1.33 bits per heavy atom. The molecular weight excluding hydrogens is 266 g/mol. The maximum Gasteiger partial charge on any atom is 0.250 e. The summed E-state index contributed by atoms with van der Waals surface area (Å²) in [6.07, 6.45) is 2.49. The average molecular weight is 291 g/mol. The van der Waals surface area contributed by atoms with Crippen LogP contribution in [0.1, 0.15) is 12.8 Å². The molecule has 5 heteroatoms. The van der Waals surface area contributed by atoms with Gasteiger partial charge in [0.15, 0.2) is 0 Å². The summed E-state index contributed by atoms with van der Waals surface area (Å²) < 4.78 is 4.81. The molecule has 1 amide bonds. The van der Waals surface area contributed by atoms with E-state index in [-0.39, 0.29) is 12.5 Å². The highest BCUT2D eigenvalue weighted by Crippen LogP contribution is 2.19. The molecule has 0 atom stereocenters. The van der Waals surface area contributed by atoms with Crippen molar-refractivity contribution in [2.75, 3.05) is 51.0 Å². The molecule has 0 aliphatic carbocycles. The number of carbonyl (C=O) groups excluding carboxylic acids is 1. The second-order valence-corrected chi connectivity index (χ2v) is 5.69. The average Bonchev–Trinajstić information content (AvgIpc) is 2.47. The molecule has 116 valence electrons. The highest BCUT2D eigenvalue weighted by atomic mass is 16.5. The first kappa shape index (κ1) is 15.8. The summed E-state index contributed by atoms with van der Waals surface area (Å²) in [6, 6.07) is 7.82. The van der Waals surface area contributed by atoms with Crippen LogP contribution in [0.2, 0.25) is 0 Å². The number of piperidine rings is 1. The van der Waals surface area contributed by atoms with Crippen LogP contribution in [-0.4, -0.2) is 51.2 Å². The topological polar surface area (TPSA) is 53.6 Å². The zero-order valence-electron chi connectivity index (χ0n) is 12.9. The van der Waals surface area contributed by atoms with Gasteiger partial charge in [0.05, 0.1) is 0 Å². The van der Waals surface area contributed by atoms with Crippen molar-refractivity contribution in [2.45, 2.75) is 12.8 Å². The fourth-order valence-corrected chi connectivity index (χ4v) is 2.56. The van der Waals surface area contributed by atoms with Crippen molar-refractivity contribution in [1.82, 2.24) is 4.90 Å². The monoisotopic (exact) mass is 291 g/mol. The van der Waals surface area contributed by atoms with Gasteiger partial charge in [-0.15, -0.1) is 0 Å². The first-order chi connectivity index (χ1) is 10.2. The van der Waals surface area contributed by atoms with Crippen molar-refractivity contribution in [1.29, 1.82) is 0 Å². The van der Waals surface area contributed by atoms with Crippen molar-refractivity contribution in [3.63, 3.8) is 0 Å². The number of likely N-dealkylation sites (tertiary alicyclic amines) is 1. The molecule has 1 aromatic rings. The van der Waals surface area contributed by atoms with Crippen molar-refractivity contribution in [3.05, 3.63) is 24.3 Å². The number of nitrogens with one attached hydrogen (secondary N) is 2. The van der Waals surface area contributed by atoms with Gasteiger partial charge in [0.2, 0.25) is 5.91 Å². The van der Waals surface area contributed by atoms with Crippen LogP contribution in [0.15, 0.2) is 24.3 Å². The minimum absolute atomic E-state index is 0.0766. The van der Waals surface area contributed by atoms with Gasteiger partial charge in [-0.2, -0.15) is 0 Å². The van der Waals surface area contributed by atoms with Crippen LogP contribution < -0.4 is 10.6 Å². The molecule has 0 saturated carbocycles. The van der Waals surface area contributed by atoms with E-state index in [0.717, 1.165) is 23.8 Å². The zero-order valence-corrected chi connectivity index (χ0v) is 12.9. The fourth-order valence-electron chi connectivity index (χ4n) is 2.56. The molecule has 21 heavy (non-hydrogen) atoms. The second-order valence-electron chi connectivity index (χ2n) is 5.69. The number of anilines is 2. The summed E-state index contributed by atoms with van der Waals surface area (Å²) in [5, 5.41) is 6.29. The fraction of sp³-hybridized carbons (Fsp3) is 0.562. The van der Waals surface area contributed by atoms with E-state index in [9.17, 15) is 4.79 Å². The maximum atomic E-state index is 11.5. The van der Waals surface area contributed by atoms with Crippen molar-refractivity contribution in [2.24, 2.45) is 5.92 Å². The minimum atomic E-state index is -0.134. The lowest BCUT2D eigenvalue weighted by molar-refractivity contribution is -0.119. The summed E-state index contributed by atoms with van der Waals surface area (Å²) in [4.78, 5) is 13.9. The molecule has 1 heterocycles. The third kappa shape index (κ3) is 5.36. The van der Waals surface area contributed by atoms with Gasteiger partial charge in [0.1, 0.15) is 6.61 Å². The number of hydrogen-bond donors (Lipinski definition) is 2. The lowest BCUT2D eigenvalue weighted by atomic mass is 9.97. The van der Waals surface area contributed by atoms with Crippen molar-refractivity contribution < 1.29 is 9.53 Å². The number of nitrogens with zero attached hydrogens (tertiary/aromatic N) is 1. The predicted molar refractivity (Wildman–Crippen MR) is 85.7 cm³/mol. The van der Waals surface area contributed by atoms with Crippen LogP contribution in [0.4, 0.5) is 11.4 Å². The SMILES string of the molecule is COCC(=O)Nc1cccc(NCC2CCN(C)CC2)c1. The summed E-state index contributed by atoms with van der Waals surface area (Å²) in [5.41, 5.74) is 1.84. The first-order valence-electron chi connectivity index (χ1n) is 7.48. The molecule has 0 aromatic heterocycles. The molecule has 1 aromatic carbocycles. The molecule has 0 bridgehead atoms. The van der Waals surface area contributed by atoms with Gasteiger partial charge in [0, 0.05) is 25.0 Å². The number of methoxy groups -OCH3 is 1. The normalized spacial score (nSPS) is 16.7. The van der Waals surface area contributed by atoms with Crippen LogP contribution >= 0.6 is 0 Å². The number of ether oxygens (including phenoxy) is 1. The Hall–Kier alpha value is -1.59. The smallest absolute Gasteiger partial charge is 0.250 e. The largest absolute Gasteiger partial charge is 0.385 e. The van der Waals surface area contributed by atoms with Crippen LogP contribution in [0, 0.1) is 5.92 Å². The van der Waals surface area contributed by atoms with Gasteiger partial charge >= 0.3 is 0 Å². The molecule has 1 aliphatic rings. The Balaban J connectivity index is 1.82. The van der Waals surface area contributed by atoms with Crippen LogP contribution in [0.5, 0.6) is 0 Å². The van der Waals surface area contributed by atoms with E-state index >= 15 is 0 Å². The molecule has 1 aliphatic heterocycles. The molecule has 1 fully saturated rings. The molecular formula is C16H25N3O2. The lowest BCUT2D eigenvalue weighted by Crippen LogP contribution is -2.32. The quantitative estimate of drug-likeness (QED) is 0.842. The summed E-state index contributed by atoms with van der Waals surface area (Å²) in [6.45, 7) is 3.43. The van der Waals surface area contributed by atoms with Gasteiger partial charge < -0.3 is 20.3 Å². The van der Waals surface area contributed by atoms with Crippen molar-refractivity contribution >= 4 is 17.3 Å². The van der Waals surface area contributed by atoms with Crippen LogP contribution in [0.25, 0.3) is 0 Å². The molecule has 0 radical (unpaired) electrons. The number of hydrogen-bond acceptors (Lipinski definition) is 4. The number of rotatable bonds is 6. The van der Waals surface area contributed by atoms with E-state index in [2.05, 4.69) is 22.6 Å². The minimum Gasteiger partial charge on any atom is -0.385 e.